The van der Waals surface area contributed by atoms with Gasteiger partial charge in [0.25, 0.3) is 0 Å². The predicted molar refractivity (Wildman–Crippen MR) is 90.7 cm³/mol. The van der Waals surface area contributed by atoms with Gasteiger partial charge in [-0.25, -0.2) is 0 Å². The highest BCUT2D eigenvalue weighted by atomic mass is 32.2. The quantitative estimate of drug-likeness (QED) is 0.670. The second-order valence-corrected chi connectivity index (χ2v) is 6.86. The van der Waals surface area contributed by atoms with Crippen LogP contribution in [0.1, 0.15) is 39.2 Å². The Hall–Kier alpha value is -1.49. The molecule has 1 aromatic carbocycles. The van der Waals surface area contributed by atoms with Crippen molar-refractivity contribution in [1.82, 2.24) is 5.43 Å². The average Bonchev–Trinajstić information content (AvgIpc) is 2.79. The third kappa shape index (κ3) is 3.79. The summed E-state index contributed by atoms with van der Waals surface area (Å²) >= 11 is 1.58. The monoisotopic (exact) mass is 305 g/mol. The van der Waals surface area contributed by atoms with Crippen LogP contribution in [-0.4, -0.2) is 23.4 Å². The van der Waals surface area contributed by atoms with Crippen molar-refractivity contribution < 1.29 is 4.79 Å². The number of hydrogen-bond acceptors (Lipinski definition) is 4. The van der Waals surface area contributed by atoms with Crippen LogP contribution in [0, 0.1) is 5.92 Å². The number of nitrogens with one attached hydrogen (secondary N) is 1. The summed E-state index contributed by atoms with van der Waals surface area (Å²) in [6, 6.07) is 8.10. The maximum absolute atomic E-state index is 12.3. The van der Waals surface area contributed by atoms with Crippen molar-refractivity contribution in [2.75, 3.05) is 10.7 Å². The molecule has 21 heavy (non-hydrogen) atoms. The fourth-order valence-electron chi connectivity index (χ4n) is 2.23. The fourth-order valence-corrected chi connectivity index (χ4v) is 3.19. The van der Waals surface area contributed by atoms with E-state index >= 15 is 0 Å². The highest BCUT2D eigenvalue weighted by Gasteiger charge is 2.34. The Kier molecular flexibility index (Phi) is 5.28. The second kappa shape index (κ2) is 6.98. The van der Waals surface area contributed by atoms with Crippen molar-refractivity contribution in [3.8, 4) is 0 Å². The molecule has 1 atom stereocenters. The number of benzene rings is 1. The predicted octanol–water partition coefficient (Wildman–Crippen LogP) is 3.40. The minimum atomic E-state index is -0.132. The lowest BCUT2D eigenvalue weighted by Gasteiger charge is -2.26. The Balaban J connectivity index is 2.25. The molecule has 1 aliphatic heterocycles. The molecule has 1 N–H and O–H groups in total. The number of amides is 1. The Morgan fingerprint density at radius 2 is 2.05 bits per heavy atom. The summed E-state index contributed by atoms with van der Waals surface area (Å²) in [5.74, 6) is 1.38. The normalized spacial score (nSPS) is 19.2. The van der Waals surface area contributed by atoms with E-state index in [1.807, 2.05) is 29.3 Å². The number of para-hydroxylation sites is 1. The van der Waals surface area contributed by atoms with Crippen molar-refractivity contribution in [1.29, 1.82) is 0 Å². The van der Waals surface area contributed by atoms with E-state index in [9.17, 15) is 4.79 Å². The molecule has 0 aromatic heterocycles. The molecule has 1 aromatic rings. The molecular formula is C16H23N3OS. The topological polar surface area (TPSA) is 44.7 Å². The molecule has 2 rings (SSSR count). The summed E-state index contributed by atoms with van der Waals surface area (Å²) in [7, 11) is 0. The SMILES string of the molecule is CC(C)/C=N/NC1SCC(=O)N1c1ccccc1C(C)C. The lowest BCUT2D eigenvalue weighted by molar-refractivity contribution is -0.115. The first kappa shape index (κ1) is 15.9. The van der Waals surface area contributed by atoms with Crippen molar-refractivity contribution in [2.45, 2.75) is 39.1 Å². The van der Waals surface area contributed by atoms with Gasteiger partial charge in [-0.1, -0.05) is 45.9 Å². The lowest BCUT2D eigenvalue weighted by Crippen LogP contribution is -2.40. The third-order valence-electron chi connectivity index (χ3n) is 3.24. The molecule has 0 aliphatic carbocycles. The molecule has 1 unspecified atom stereocenters. The van der Waals surface area contributed by atoms with E-state index in [1.165, 1.54) is 5.56 Å². The van der Waals surface area contributed by atoms with Crippen molar-refractivity contribution in [2.24, 2.45) is 11.0 Å². The Labute approximate surface area is 131 Å². The van der Waals surface area contributed by atoms with Gasteiger partial charge in [0.15, 0.2) is 5.50 Å². The van der Waals surface area contributed by atoms with Crippen LogP contribution in [0.3, 0.4) is 0 Å². The van der Waals surface area contributed by atoms with Crippen LogP contribution >= 0.6 is 11.8 Å². The van der Waals surface area contributed by atoms with E-state index in [4.69, 9.17) is 0 Å². The van der Waals surface area contributed by atoms with Crippen molar-refractivity contribution in [3.05, 3.63) is 29.8 Å². The van der Waals surface area contributed by atoms with Gasteiger partial charge in [0, 0.05) is 6.21 Å². The van der Waals surface area contributed by atoms with Crippen LogP contribution in [0.25, 0.3) is 0 Å². The number of nitrogens with zero attached hydrogens (tertiary/aromatic N) is 2. The van der Waals surface area contributed by atoms with E-state index in [0.717, 1.165) is 5.69 Å². The Morgan fingerprint density at radius 1 is 1.33 bits per heavy atom. The average molecular weight is 305 g/mol. The number of hydrazone groups is 1. The number of thioether (sulfide) groups is 1. The molecule has 1 aliphatic rings. The van der Waals surface area contributed by atoms with Gasteiger partial charge in [0.2, 0.25) is 5.91 Å². The third-order valence-corrected chi connectivity index (χ3v) is 4.29. The molecule has 5 heteroatoms. The summed E-state index contributed by atoms with van der Waals surface area (Å²) in [5.41, 5.74) is 5.14. The van der Waals surface area contributed by atoms with Gasteiger partial charge in [0.1, 0.15) is 0 Å². The zero-order valence-corrected chi connectivity index (χ0v) is 13.9. The van der Waals surface area contributed by atoms with Crippen LogP contribution in [0.4, 0.5) is 5.69 Å². The Bertz CT molecular complexity index is 528. The van der Waals surface area contributed by atoms with Gasteiger partial charge >= 0.3 is 0 Å². The molecule has 114 valence electrons. The van der Waals surface area contributed by atoms with Crippen LogP contribution < -0.4 is 10.3 Å². The van der Waals surface area contributed by atoms with Crippen LogP contribution in [-0.2, 0) is 4.79 Å². The van der Waals surface area contributed by atoms with E-state index in [2.05, 4.69) is 44.3 Å². The van der Waals surface area contributed by atoms with Crippen molar-refractivity contribution in [3.63, 3.8) is 0 Å². The lowest BCUT2D eigenvalue weighted by atomic mass is 10.0. The van der Waals surface area contributed by atoms with Gasteiger partial charge in [-0.2, -0.15) is 5.10 Å². The molecule has 1 heterocycles. The summed E-state index contributed by atoms with van der Waals surface area (Å²) in [4.78, 5) is 14.1. The van der Waals surface area contributed by atoms with Gasteiger partial charge in [-0.15, -0.1) is 11.8 Å². The van der Waals surface area contributed by atoms with Crippen molar-refractivity contribution >= 4 is 29.6 Å². The fraction of sp³-hybridized carbons (Fsp3) is 0.500. The molecular weight excluding hydrogens is 282 g/mol. The van der Waals surface area contributed by atoms with E-state index in [1.54, 1.807) is 11.8 Å². The molecule has 1 saturated heterocycles. The number of carbonyl (C=O) groups is 1. The first-order valence-corrected chi connectivity index (χ1v) is 8.37. The van der Waals surface area contributed by atoms with Gasteiger partial charge < -0.3 is 0 Å². The highest BCUT2D eigenvalue weighted by Crippen LogP contribution is 2.34. The van der Waals surface area contributed by atoms with Gasteiger partial charge in [0.05, 0.1) is 11.4 Å². The Morgan fingerprint density at radius 3 is 2.71 bits per heavy atom. The molecule has 4 nitrogen and oxygen atoms in total. The first-order valence-electron chi connectivity index (χ1n) is 7.32. The minimum absolute atomic E-state index is 0.130. The zero-order chi connectivity index (χ0) is 15.4. The molecule has 0 radical (unpaired) electrons. The molecule has 1 fully saturated rings. The number of hydrogen-bond donors (Lipinski definition) is 1. The number of anilines is 1. The molecule has 1 amide bonds. The number of carbonyl (C=O) groups excluding carboxylic acids is 1. The summed E-state index contributed by atoms with van der Waals surface area (Å²) in [6.07, 6.45) is 1.86. The molecule has 0 spiro atoms. The van der Waals surface area contributed by atoms with Gasteiger partial charge in [-0.3, -0.25) is 15.1 Å². The summed E-state index contributed by atoms with van der Waals surface area (Å²) in [5, 5.41) is 4.25. The maximum atomic E-state index is 12.3. The van der Waals surface area contributed by atoms with E-state index in [-0.39, 0.29) is 11.4 Å². The van der Waals surface area contributed by atoms with E-state index < -0.39 is 0 Å². The molecule has 0 saturated carbocycles. The van der Waals surface area contributed by atoms with E-state index in [0.29, 0.717) is 17.6 Å². The highest BCUT2D eigenvalue weighted by molar-refractivity contribution is 8.01. The van der Waals surface area contributed by atoms with Crippen LogP contribution in [0.2, 0.25) is 0 Å². The smallest absolute Gasteiger partial charge is 0.239 e. The van der Waals surface area contributed by atoms with Crippen LogP contribution in [0.15, 0.2) is 29.4 Å². The van der Waals surface area contributed by atoms with Crippen LogP contribution in [0.5, 0.6) is 0 Å². The van der Waals surface area contributed by atoms with Gasteiger partial charge in [-0.05, 0) is 23.5 Å². The zero-order valence-electron chi connectivity index (χ0n) is 13.0. The second-order valence-electron chi connectivity index (χ2n) is 5.79. The summed E-state index contributed by atoms with van der Waals surface area (Å²) in [6.45, 7) is 8.44. The molecule has 0 bridgehead atoms. The summed E-state index contributed by atoms with van der Waals surface area (Å²) < 4.78 is 0. The largest absolute Gasteiger partial charge is 0.280 e. The minimum Gasteiger partial charge on any atom is -0.280 e. The first-order chi connectivity index (χ1) is 10.0. The maximum Gasteiger partial charge on any atom is 0.239 e. The standard InChI is InChI=1S/C16H23N3OS/c1-11(2)9-17-18-16-19(15(20)10-21-16)14-8-6-5-7-13(14)12(3)4/h5-9,11-12,16,18H,10H2,1-4H3/b17-9+. The number of rotatable bonds is 5.